The van der Waals surface area contributed by atoms with Gasteiger partial charge in [0, 0.05) is 11.1 Å². The van der Waals surface area contributed by atoms with Crippen molar-refractivity contribution in [1.29, 1.82) is 0 Å². The minimum Gasteiger partial charge on any atom is -0.459 e. The Hall–Kier alpha value is -2.93. The van der Waals surface area contributed by atoms with Crippen molar-refractivity contribution in [2.24, 2.45) is 0 Å². The molecule has 6 nitrogen and oxygen atoms in total. The van der Waals surface area contributed by atoms with Crippen LogP contribution >= 0.6 is 11.3 Å². The Morgan fingerprint density at radius 1 is 1.20 bits per heavy atom. The number of furan rings is 1. The van der Waals surface area contributed by atoms with Gasteiger partial charge in [-0.25, -0.2) is 4.98 Å². The molecule has 3 rings (SSSR count). The summed E-state index contributed by atoms with van der Waals surface area (Å²) in [4.78, 5) is 28.3. The van der Waals surface area contributed by atoms with E-state index in [4.69, 9.17) is 4.42 Å². The fourth-order valence-electron chi connectivity index (χ4n) is 2.32. The van der Waals surface area contributed by atoms with Crippen molar-refractivity contribution >= 4 is 34.0 Å². The van der Waals surface area contributed by atoms with E-state index in [1.807, 2.05) is 32.0 Å². The number of hydrogen-bond acceptors (Lipinski definition) is 5. The van der Waals surface area contributed by atoms with Crippen molar-refractivity contribution in [3.63, 3.8) is 0 Å². The van der Waals surface area contributed by atoms with E-state index in [0.717, 1.165) is 16.8 Å². The topological polar surface area (TPSA) is 84.2 Å². The van der Waals surface area contributed by atoms with Gasteiger partial charge >= 0.3 is 0 Å². The number of aryl methyl sites for hydroxylation is 2. The Labute approximate surface area is 148 Å². The average molecular weight is 355 g/mol. The van der Waals surface area contributed by atoms with Gasteiger partial charge in [0.05, 0.1) is 18.4 Å². The van der Waals surface area contributed by atoms with E-state index in [0.29, 0.717) is 10.8 Å². The number of aromatic nitrogens is 1. The number of rotatable bonds is 5. The molecular formula is C18H17N3O3S. The predicted molar refractivity (Wildman–Crippen MR) is 97.0 cm³/mol. The monoisotopic (exact) mass is 355 g/mol. The van der Waals surface area contributed by atoms with Gasteiger partial charge in [0.1, 0.15) is 0 Å². The first-order valence-electron chi connectivity index (χ1n) is 7.67. The first-order valence-corrected chi connectivity index (χ1v) is 8.55. The fourth-order valence-corrected chi connectivity index (χ4v) is 3.03. The number of carbonyl (C=O) groups excluding carboxylic acids is 2. The molecule has 0 aliphatic rings. The standard InChI is InChI=1S/C18H17N3O3S/c1-11-5-6-14(12(2)8-11)20-16(22)9-13-10-25-18(19-13)21-17(23)15-4-3-7-24-15/h3-8,10H,9H2,1-2H3,(H,20,22)(H,19,21,23). The van der Waals surface area contributed by atoms with Crippen LogP contribution in [-0.4, -0.2) is 16.8 Å². The van der Waals surface area contributed by atoms with Gasteiger partial charge < -0.3 is 9.73 Å². The first kappa shape index (κ1) is 16.9. The van der Waals surface area contributed by atoms with E-state index >= 15 is 0 Å². The van der Waals surface area contributed by atoms with E-state index < -0.39 is 0 Å². The highest BCUT2D eigenvalue weighted by molar-refractivity contribution is 7.14. The van der Waals surface area contributed by atoms with E-state index in [-0.39, 0.29) is 24.0 Å². The van der Waals surface area contributed by atoms with Gasteiger partial charge in [-0.05, 0) is 37.6 Å². The van der Waals surface area contributed by atoms with Crippen molar-refractivity contribution in [2.75, 3.05) is 10.6 Å². The second-order valence-electron chi connectivity index (χ2n) is 5.62. The molecule has 2 N–H and O–H groups in total. The summed E-state index contributed by atoms with van der Waals surface area (Å²) < 4.78 is 5.03. The van der Waals surface area contributed by atoms with Gasteiger partial charge in [-0.1, -0.05) is 17.7 Å². The molecule has 0 atom stereocenters. The lowest BCUT2D eigenvalue weighted by molar-refractivity contribution is -0.115. The second-order valence-corrected chi connectivity index (χ2v) is 6.48. The highest BCUT2D eigenvalue weighted by atomic mass is 32.1. The Kier molecular flexibility index (Phi) is 4.95. The molecule has 128 valence electrons. The summed E-state index contributed by atoms with van der Waals surface area (Å²) in [7, 11) is 0. The van der Waals surface area contributed by atoms with Crippen molar-refractivity contribution in [3.05, 3.63) is 64.6 Å². The largest absolute Gasteiger partial charge is 0.459 e. The zero-order valence-corrected chi connectivity index (χ0v) is 14.6. The maximum Gasteiger partial charge on any atom is 0.293 e. The molecule has 7 heteroatoms. The van der Waals surface area contributed by atoms with Crippen LogP contribution in [0.2, 0.25) is 0 Å². The molecule has 0 spiro atoms. The van der Waals surface area contributed by atoms with Crippen molar-refractivity contribution in [2.45, 2.75) is 20.3 Å². The lowest BCUT2D eigenvalue weighted by Crippen LogP contribution is -2.15. The van der Waals surface area contributed by atoms with Gasteiger partial charge in [0.25, 0.3) is 5.91 Å². The maximum atomic E-state index is 12.2. The zero-order chi connectivity index (χ0) is 17.8. The normalized spacial score (nSPS) is 10.5. The maximum absolute atomic E-state index is 12.2. The van der Waals surface area contributed by atoms with Crippen LogP contribution in [0.5, 0.6) is 0 Å². The Bertz CT molecular complexity index is 900. The minimum absolute atomic E-state index is 0.139. The summed E-state index contributed by atoms with van der Waals surface area (Å²) in [6.07, 6.45) is 1.57. The summed E-state index contributed by atoms with van der Waals surface area (Å²) in [5, 5.41) is 7.70. The molecule has 0 aliphatic carbocycles. The predicted octanol–water partition coefficient (Wildman–Crippen LogP) is 3.79. The van der Waals surface area contributed by atoms with Gasteiger partial charge in [0.2, 0.25) is 5.91 Å². The highest BCUT2D eigenvalue weighted by Gasteiger charge is 2.13. The van der Waals surface area contributed by atoms with Crippen LogP contribution < -0.4 is 10.6 Å². The summed E-state index contributed by atoms with van der Waals surface area (Å²) in [6, 6.07) is 9.06. The highest BCUT2D eigenvalue weighted by Crippen LogP contribution is 2.19. The van der Waals surface area contributed by atoms with Crippen molar-refractivity contribution in [3.8, 4) is 0 Å². The minimum atomic E-state index is -0.370. The number of hydrogen-bond donors (Lipinski definition) is 2. The zero-order valence-electron chi connectivity index (χ0n) is 13.8. The summed E-state index contributed by atoms with van der Waals surface area (Å²) >= 11 is 1.26. The van der Waals surface area contributed by atoms with Gasteiger partial charge in [-0.3, -0.25) is 14.9 Å². The van der Waals surface area contributed by atoms with Crippen molar-refractivity contribution < 1.29 is 14.0 Å². The van der Waals surface area contributed by atoms with E-state index in [1.165, 1.54) is 17.6 Å². The molecule has 0 aliphatic heterocycles. The third-order valence-corrected chi connectivity index (χ3v) is 4.32. The molecule has 0 saturated heterocycles. The SMILES string of the molecule is Cc1ccc(NC(=O)Cc2csc(NC(=O)c3ccco3)n2)c(C)c1. The molecule has 25 heavy (non-hydrogen) atoms. The number of amides is 2. The van der Waals surface area contributed by atoms with Crippen LogP contribution in [0.25, 0.3) is 0 Å². The van der Waals surface area contributed by atoms with Crippen LogP contribution in [0, 0.1) is 13.8 Å². The molecule has 0 saturated carbocycles. The quantitative estimate of drug-likeness (QED) is 0.729. The third kappa shape index (κ3) is 4.33. The number of nitrogens with zero attached hydrogens (tertiary/aromatic N) is 1. The Morgan fingerprint density at radius 2 is 2.04 bits per heavy atom. The molecule has 0 unspecified atom stereocenters. The molecule has 0 radical (unpaired) electrons. The molecule has 2 aromatic heterocycles. The molecule has 0 fully saturated rings. The third-order valence-electron chi connectivity index (χ3n) is 3.51. The lowest BCUT2D eigenvalue weighted by atomic mass is 10.1. The van der Waals surface area contributed by atoms with Crippen LogP contribution in [0.1, 0.15) is 27.4 Å². The lowest BCUT2D eigenvalue weighted by Gasteiger charge is -2.08. The summed E-state index contributed by atoms with van der Waals surface area (Å²) in [5.41, 5.74) is 3.55. The molecule has 3 aromatic rings. The Balaban J connectivity index is 1.59. The van der Waals surface area contributed by atoms with Crippen molar-refractivity contribution in [1.82, 2.24) is 4.98 Å². The number of benzene rings is 1. The summed E-state index contributed by atoms with van der Waals surface area (Å²) in [5.74, 6) is -0.309. The van der Waals surface area contributed by atoms with E-state index in [2.05, 4.69) is 15.6 Å². The number of anilines is 2. The molecule has 0 bridgehead atoms. The smallest absolute Gasteiger partial charge is 0.293 e. The van der Waals surface area contributed by atoms with Crippen LogP contribution in [0.3, 0.4) is 0 Å². The second kappa shape index (κ2) is 7.31. The summed E-state index contributed by atoms with van der Waals surface area (Å²) in [6.45, 7) is 3.96. The molecule has 2 amide bonds. The van der Waals surface area contributed by atoms with E-state index in [9.17, 15) is 9.59 Å². The van der Waals surface area contributed by atoms with Crippen LogP contribution in [-0.2, 0) is 11.2 Å². The first-order chi connectivity index (χ1) is 12.0. The number of thiazole rings is 1. The fraction of sp³-hybridized carbons (Fsp3) is 0.167. The molecular weight excluding hydrogens is 338 g/mol. The average Bonchev–Trinajstić information content (AvgIpc) is 3.22. The van der Waals surface area contributed by atoms with Gasteiger partial charge in [0.15, 0.2) is 10.9 Å². The van der Waals surface area contributed by atoms with Gasteiger partial charge in [-0.2, -0.15) is 0 Å². The van der Waals surface area contributed by atoms with Gasteiger partial charge in [-0.15, -0.1) is 11.3 Å². The number of nitrogens with one attached hydrogen (secondary N) is 2. The Morgan fingerprint density at radius 3 is 2.76 bits per heavy atom. The molecule has 1 aromatic carbocycles. The van der Waals surface area contributed by atoms with E-state index in [1.54, 1.807) is 17.5 Å². The van der Waals surface area contributed by atoms with Crippen LogP contribution in [0.4, 0.5) is 10.8 Å². The number of carbonyl (C=O) groups is 2. The van der Waals surface area contributed by atoms with Crippen LogP contribution in [0.15, 0.2) is 46.4 Å². The molecule has 2 heterocycles.